The van der Waals surface area contributed by atoms with Crippen molar-refractivity contribution in [3.8, 4) is 11.8 Å². The van der Waals surface area contributed by atoms with E-state index in [9.17, 15) is 13.2 Å². The second kappa shape index (κ2) is 5.90. The molecule has 0 bridgehead atoms. The van der Waals surface area contributed by atoms with Crippen LogP contribution in [0.25, 0.3) is 0 Å². The van der Waals surface area contributed by atoms with E-state index in [1.807, 2.05) is 0 Å². The average Bonchev–Trinajstić information content (AvgIpc) is 2.23. The minimum absolute atomic E-state index is 0.139. The van der Waals surface area contributed by atoms with Crippen LogP contribution in [0, 0.1) is 11.8 Å². The third-order valence-electron chi connectivity index (χ3n) is 2.60. The first-order valence-corrected chi connectivity index (χ1v) is 7.18. The van der Waals surface area contributed by atoms with E-state index in [0.29, 0.717) is 25.8 Å². The molecule has 1 fully saturated rings. The maximum Gasteiger partial charge on any atom is 0.238 e. The average molecular weight is 243 g/mol. The fourth-order valence-corrected chi connectivity index (χ4v) is 3.56. The van der Waals surface area contributed by atoms with Crippen molar-refractivity contribution in [1.82, 2.24) is 5.32 Å². The number of hydrogen-bond donors (Lipinski definition) is 1. The van der Waals surface area contributed by atoms with Crippen molar-refractivity contribution in [2.45, 2.75) is 37.9 Å². The van der Waals surface area contributed by atoms with Gasteiger partial charge in [-0.05, 0) is 19.8 Å². The van der Waals surface area contributed by atoms with Gasteiger partial charge in [0.2, 0.25) is 5.91 Å². The predicted octanol–water partition coefficient (Wildman–Crippen LogP) is 0.483. The molecule has 0 aromatic carbocycles. The molecular weight excluding hydrogens is 226 g/mol. The molecule has 90 valence electrons. The Bertz CT molecular complexity index is 403. The number of carbonyl (C=O) groups is 1. The van der Waals surface area contributed by atoms with Gasteiger partial charge in [-0.15, -0.1) is 11.8 Å². The molecule has 1 unspecified atom stereocenters. The third-order valence-corrected chi connectivity index (χ3v) is 4.77. The first-order chi connectivity index (χ1) is 7.58. The van der Waals surface area contributed by atoms with Crippen LogP contribution >= 0.6 is 0 Å². The lowest BCUT2D eigenvalue weighted by Crippen LogP contribution is -2.43. The molecule has 0 aromatic heterocycles. The van der Waals surface area contributed by atoms with Crippen LogP contribution in [0.2, 0.25) is 0 Å². The number of nitrogens with one attached hydrogen (secondary N) is 1. The quantitative estimate of drug-likeness (QED) is 0.579. The first-order valence-electron chi connectivity index (χ1n) is 5.47. The van der Waals surface area contributed by atoms with E-state index in [4.69, 9.17) is 0 Å². The molecule has 1 aliphatic rings. The molecule has 1 heterocycles. The molecular formula is C11H17NO3S. The highest BCUT2D eigenvalue weighted by molar-refractivity contribution is 7.92. The van der Waals surface area contributed by atoms with E-state index < -0.39 is 15.1 Å². The highest BCUT2D eigenvalue weighted by Crippen LogP contribution is 2.19. The van der Waals surface area contributed by atoms with Gasteiger partial charge in [-0.25, -0.2) is 8.42 Å². The van der Waals surface area contributed by atoms with Crippen molar-refractivity contribution in [2.24, 2.45) is 0 Å². The number of carbonyl (C=O) groups excluding carboxylic acids is 1. The Morgan fingerprint density at radius 2 is 2.19 bits per heavy atom. The van der Waals surface area contributed by atoms with Crippen molar-refractivity contribution >= 4 is 15.7 Å². The van der Waals surface area contributed by atoms with Gasteiger partial charge in [0.05, 0.1) is 5.75 Å². The van der Waals surface area contributed by atoms with E-state index in [1.165, 1.54) is 0 Å². The van der Waals surface area contributed by atoms with Crippen LogP contribution in [0.15, 0.2) is 0 Å². The Morgan fingerprint density at radius 1 is 1.44 bits per heavy atom. The van der Waals surface area contributed by atoms with Gasteiger partial charge in [0.25, 0.3) is 0 Å². The Hall–Kier alpha value is -1.02. The molecule has 0 radical (unpaired) electrons. The minimum atomic E-state index is -3.21. The summed E-state index contributed by atoms with van der Waals surface area (Å²) in [5.41, 5.74) is 0. The highest BCUT2D eigenvalue weighted by Gasteiger charge is 2.34. The molecule has 0 spiro atoms. The molecule has 1 rings (SSSR count). The van der Waals surface area contributed by atoms with E-state index in [0.717, 1.165) is 6.42 Å². The fourth-order valence-electron chi connectivity index (χ4n) is 1.74. The summed E-state index contributed by atoms with van der Waals surface area (Å²) >= 11 is 0. The summed E-state index contributed by atoms with van der Waals surface area (Å²) in [6.07, 6.45) is 2.50. The van der Waals surface area contributed by atoms with Crippen LogP contribution in [0.1, 0.15) is 32.6 Å². The Kier molecular flexibility index (Phi) is 4.81. The summed E-state index contributed by atoms with van der Waals surface area (Å²) in [6, 6.07) is 0. The van der Waals surface area contributed by atoms with Gasteiger partial charge >= 0.3 is 0 Å². The van der Waals surface area contributed by atoms with Crippen molar-refractivity contribution < 1.29 is 13.2 Å². The summed E-state index contributed by atoms with van der Waals surface area (Å²) in [5.74, 6) is 5.31. The standard InChI is InChI=1S/C11H17NO3S/c1-2-3-5-8-12-11(13)10-7-4-6-9-16(10,14)15/h10H,4-9H2,1H3,(H,12,13). The van der Waals surface area contributed by atoms with Crippen LogP contribution in [0.4, 0.5) is 0 Å². The van der Waals surface area contributed by atoms with Gasteiger partial charge in [-0.1, -0.05) is 6.42 Å². The van der Waals surface area contributed by atoms with E-state index in [-0.39, 0.29) is 11.7 Å². The molecule has 5 heteroatoms. The SMILES string of the molecule is CC#CCCNC(=O)C1CCCCS1(=O)=O. The molecule has 1 saturated heterocycles. The van der Waals surface area contributed by atoms with Gasteiger partial charge in [-0.2, -0.15) is 0 Å². The monoisotopic (exact) mass is 243 g/mol. The lowest BCUT2D eigenvalue weighted by Gasteiger charge is -2.21. The van der Waals surface area contributed by atoms with Crippen LogP contribution in [-0.2, 0) is 14.6 Å². The van der Waals surface area contributed by atoms with Crippen LogP contribution in [-0.4, -0.2) is 31.9 Å². The van der Waals surface area contributed by atoms with Crippen LogP contribution in [0.5, 0.6) is 0 Å². The van der Waals surface area contributed by atoms with Gasteiger partial charge in [0.15, 0.2) is 9.84 Å². The topological polar surface area (TPSA) is 63.2 Å². The summed E-state index contributed by atoms with van der Waals surface area (Å²) in [6.45, 7) is 2.15. The molecule has 0 saturated carbocycles. The number of hydrogen-bond acceptors (Lipinski definition) is 3. The van der Waals surface area contributed by atoms with Crippen molar-refractivity contribution in [1.29, 1.82) is 0 Å². The predicted molar refractivity (Wildman–Crippen MR) is 62.5 cm³/mol. The van der Waals surface area contributed by atoms with Gasteiger partial charge in [0.1, 0.15) is 5.25 Å². The Morgan fingerprint density at radius 3 is 2.81 bits per heavy atom. The zero-order chi connectivity index (χ0) is 12.0. The van der Waals surface area contributed by atoms with E-state index in [2.05, 4.69) is 17.2 Å². The Labute approximate surface area is 96.7 Å². The summed E-state index contributed by atoms with van der Waals surface area (Å²) in [4.78, 5) is 11.6. The lowest BCUT2D eigenvalue weighted by atomic mass is 10.2. The second-order valence-corrected chi connectivity index (χ2v) is 6.12. The number of sulfone groups is 1. The molecule has 1 amide bonds. The Balaban J connectivity index is 2.48. The number of rotatable bonds is 3. The fraction of sp³-hybridized carbons (Fsp3) is 0.727. The number of amides is 1. The summed E-state index contributed by atoms with van der Waals surface area (Å²) in [5, 5.41) is 1.79. The molecule has 0 aliphatic carbocycles. The zero-order valence-electron chi connectivity index (χ0n) is 9.45. The minimum Gasteiger partial charge on any atom is -0.354 e. The maximum atomic E-state index is 11.6. The second-order valence-electron chi connectivity index (χ2n) is 3.82. The van der Waals surface area contributed by atoms with Crippen molar-refractivity contribution in [3.63, 3.8) is 0 Å². The van der Waals surface area contributed by atoms with Crippen LogP contribution in [0.3, 0.4) is 0 Å². The summed E-state index contributed by atoms with van der Waals surface area (Å²) in [7, 11) is -3.21. The molecule has 1 N–H and O–H groups in total. The first kappa shape index (κ1) is 13.0. The molecule has 0 aromatic rings. The van der Waals surface area contributed by atoms with Crippen LogP contribution < -0.4 is 5.32 Å². The van der Waals surface area contributed by atoms with Crippen molar-refractivity contribution in [2.75, 3.05) is 12.3 Å². The smallest absolute Gasteiger partial charge is 0.238 e. The van der Waals surface area contributed by atoms with Gasteiger partial charge < -0.3 is 5.32 Å². The summed E-state index contributed by atoms with van der Waals surface area (Å²) < 4.78 is 23.2. The molecule has 16 heavy (non-hydrogen) atoms. The van der Waals surface area contributed by atoms with E-state index >= 15 is 0 Å². The van der Waals surface area contributed by atoms with Gasteiger partial charge in [0, 0.05) is 13.0 Å². The van der Waals surface area contributed by atoms with E-state index in [1.54, 1.807) is 6.92 Å². The normalized spacial score (nSPS) is 22.9. The molecule has 1 aliphatic heterocycles. The maximum absolute atomic E-state index is 11.6. The molecule has 4 nitrogen and oxygen atoms in total. The lowest BCUT2D eigenvalue weighted by molar-refractivity contribution is -0.120. The third kappa shape index (κ3) is 3.53. The zero-order valence-corrected chi connectivity index (χ0v) is 10.3. The highest BCUT2D eigenvalue weighted by atomic mass is 32.2. The molecule has 1 atom stereocenters. The van der Waals surface area contributed by atoms with Gasteiger partial charge in [-0.3, -0.25) is 4.79 Å². The van der Waals surface area contributed by atoms with Crippen molar-refractivity contribution in [3.05, 3.63) is 0 Å². The largest absolute Gasteiger partial charge is 0.354 e.